The number of hydrogen-bond donors (Lipinski definition) is 1. The summed E-state index contributed by atoms with van der Waals surface area (Å²) in [4.78, 5) is 33.7. The lowest BCUT2D eigenvalue weighted by molar-refractivity contribution is -0.385. The standard InChI is InChI=1S/C18H15ClN2O5/c19-15-7-3-1-6-14(15)11-20-17(22)12-26-18(23)10-9-13-5-2-4-8-16(13)21(24)25/h1-10H,11-12H2,(H,20,22). The Morgan fingerprint density at radius 2 is 1.85 bits per heavy atom. The molecule has 0 fully saturated rings. The minimum atomic E-state index is -0.781. The number of nitrogens with one attached hydrogen (secondary N) is 1. The summed E-state index contributed by atoms with van der Waals surface area (Å²) in [5.41, 5.74) is 0.872. The summed E-state index contributed by atoms with van der Waals surface area (Å²) in [6.07, 6.45) is 2.30. The van der Waals surface area contributed by atoms with Crippen LogP contribution in [0.15, 0.2) is 54.6 Å². The predicted octanol–water partition coefficient (Wildman–Crippen LogP) is 3.12. The van der Waals surface area contributed by atoms with Crippen LogP contribution in [0.25, 0.3) is 6.08 Å². The Labute approximate surface area is 154 Å². The molecular weight excluding hydrogens is 360 g/mol. The molecule has 2 aromatic carbocycles. The molecule has 134 valence electrons. The average Bonchev–Trinajstić information content (AvgIpc) is 2.64. The molecule has 2 aromatic rings. The van der Waals surface area contributed by atoms with E-state index in [1.807, 2.05) is 0 Å². The van der Waals surface area contributed by atoms with Gasteiger partial charge in [-0.2, -0.15) is 0 Å². The van der Waals surface area contributed by atoms with Crippen molar-refractivity contribution in [2.45, 2.75) is 6.54 Å². The highest BCUT2D eigenvalue weighted by atomic mass is 35.5. The highest BCUT2D eigenvalue weighted by molar-refractivity contribution is 6.31. The molecule has 0 heterocycles. The number of carbonyl (C=O) groups excluding carboxylic acids is 2. The smallest absolute Gasteiger partial charge is 0.331 e. The van der Waals surface area contributed by atoms with Gasteiger partial charge in [0.25, 0.3) is 11.6 Å². The monoisotopic (exact) mass is 374 g/mol. The molecule has 0 radical (unpaired) electrons. The average molecular weight is 375 g/mol. The second kappa shape index (κ2) is 9.33. The fourth-order valence-electron chi connectivity index (χ4n) is 2.02. The minimum absolute atomic E-state index is 0.131. The van der Waals surface area contributed by atoms with E-state index in [0.29, 0.717) is 5.02 Å². The Hall–Kier alpha value is -3.19. The van der Waals surface area contributed by atoms with E-state index in [9.17, 15) is 19.7 Å². The number of halogens is 1. The molecule has 1 amide bonds. The van der Waals surface area contributed by atoms with E-state index in [2.05, 4.69) is 5.32 Å². The highest BCUT2D eigenvalue weighted by Gasteiger charge is 2.10. The van der Waals surface area contributed by atoms with Crippen molar-refractivity contribution >= 4 is 35.2 Å². The van der Waals surface area contributed by atoms with Crippen LogP contribution in [0.1, 0.15) is 11.1 Å². The number of rotatable bonds is 7. The van der Waals surface area contributed by atoms with Crippen LogP contribution in [0.2, 0.25) is 5.02 Å². The Balaban J connectivity index is 1.82. The number of para-hydroxylation sites is 1. The third-order valence-corrected chi connectivity index (χ3v) is 3.68. The topological polar surface area (TPSA) is 98.5 Å². The van der Waals surface area contributed by atoms with Crippen LogP contribution in [-0.4, -0.2) is 23.4 Å². The summed E-state index contributed by atoms with van der Waals surface area (Å²) in [7, 11) is 0. The quantitative estimate of drug-likeness (QED) is 0.347. The largest absolute Gasteiger partial charge is 0.452 e. The number of ether oxygens (including phenoxy) is 1. The van der Waals surface area contributed by atoms with Crippen molar-refractivity contribution in [1.82, 2.24) is 5.32 Å². The van der Waals surface area contributed by atoms with Crippen molar-refractivity contribution in [3.05, 3.63) is 80.9 Å². The molecule has 0 aromatic heterocycles. The fraction of sp³-hybridized carbons (Fsp3) is 0.111. The number of nitrogens with zero attached hydrogens (tertiary/aromatic N) is 1. The zero-order chi connectivity index (χ0) is 18.9. The molecule has 0 aliphatic heterocycles. The first-order valence-electron chi connectivity index (χ1n) is 7.55. The summed E-state index contributed by atoms with van der Waals surface area (Å²) in [5.74, 6) is -1.27. The van der Waals surface area contributed by atoms with Gasteiger partial charge in [0.15, 0.2) is 6.61 Å². The summed E-state index contributed by atoms with van der Waals surface area (Å²) in [6.45, 7) is -0.257. The lowest BCUT2D eigenvalue weighted by Gasteiger charge is -2.06. The lowest BCUT2D eigenvalue weighted by Crippen LogP contribution is -2.28. The minimum Gasteiger partial charge on any atom is -0.452 e. The Bertz CT molecular complexity index is 851. The van der Waals surface area contributed by atoms with E-state index in [4.69, 9.17) is 16.3 Å². The highest BCUT2D eigenvalue weighted by Crippen LogP contribution is 2.19. The molecule has 0 unspecified atom stereocenters. The van der Waals surface area contributed by atoms with Crippen LogP contribution in [0.5, 0.6) is 0 Å². The maximum absolute atomic E-state index is 11.7. The van der Waals surface area contributed by atoms with Gasteiger partial charge in [-0.15, -0.1) is 0 Å². The second-order valence-electron chi connectivity index (χ2n) is 5.13. The maximum atomic E-state index is 11.7. The molecule has 0 aliphatic carbocycles. The van der Waals surface area contributed by atoms with Gasteiger partial charge in [-0.3, -0.25) is 14.9 Å². The van der Waals surface area contributed by atoms with Crippen LogP contribution in [-0.2, 0) is 20.9 Å². The first-order valence-corrected chi connectivity index (χ1v) is 7.93. The predicted molar refractivity (Wildman–Crippen MR) is 96.4 cm³/mol. The van der Waals surface area contributed by atoms with Gasteiger partial charge in [0.05, 0.1) is 10.5 Å². The Kier molecular flexibility index (Phi) is 6.87. The third-order valence-electron chi connectivity index (χ3n) is 3.31. The summed E-state index contributed by atoms with van der Waals surface area (Å²) in [6, 6.07) is 13.0. The number of benzene rings is 2. The SMILES string of the molecule is O=C(COC(=O)C=Cc1ccccc1[N+](=O)[O-])NCc1ccccc1Cl. The van der Waals surface area contributed by atoms with Crippen molar-refractivity contribution in [2.24, 2.45) is 0 Å². The molecule has 26 heavy (non-hydrogen) atoms. The lowest BCUT2D eigenvalue weighted by atomic mass is 10.1. The van der Waals surface area contributed by atoms with Crippen molar-refractivity contribution in [2.75, 3.05) is 6.61 Å². The van der Waals surface area contributed by atoms with Crippen LogP contribution in [0.4, 0.5) is 5.69 Å². The Morgan fingerprint density at radius 3 is 2.58 bits per heavy atom. The molecule has 1 N–H and O–H groups in total. The molecule has 2 rings (SSSR count). The molecule has 0 aliphatic rings. The molecule has 0 atom stereocenters. The first kappa shape index (κ1) is 19.1. The van der Waals surface area contributed by atoms with Gasteiger partial charge in [0, 0.05) is 23.7 Å². The zero-order valence-electron chi connectivity index (χ0n) is 13.6. The van der Waals surface area contributed by atoms with Crippen LogP contribution < -0.4 is 5.32 Å². The second-order valence-corrected chi connectivity index (χ2v) is 5.53. The van der Waals surface area contributed by atoms with Crippen LogP contribution >= 0.6 is 11.6 Å². The van der Waals surface area contributed by atoms with Gasteiger partial charge in [-0.25, -0.2) is 4.79 Å². The number of carbonyl (C=O) groups is 2. The van der Waals surface area contributed by atoms with E-state index >= 15 is 0 Å². The van der Waals surface area contributed by atoms with E-state index in [0.717, 1.165) is 11.6 Å². The molecule has 0 saturated carbocycles. The van der Waals surface area contributed by atoms with E-state index in [-0.39, 0.29) is 17.8 Å². The number of esters is 1. The molecule has 7 nitrogen and oxygen atoms in total. The normalized spacial score (nSPS) is 10.5. The molecule has 0 bridgehead atoms. The number of amides is 1. The fourth-order valence-corrected chi connectivity index (χ4v) is 2.23. The number of nitro benzene ring substituents is 1. The molecule has 8 heteroatoms. The molecule has 0 spiro atoms. The number of nitro groups is 1. The van der Waals surface area contributed by atoms with Crippen molar-refractivity contribution in [3.8, 4) is 0 Å². The summed E-state index contributed by atoms with van der Waals surface area (Å²) >= 11 is 5.98. The van der Waals surface area contributed by atoms with Crippen molar-refractivity contribution in [3.63, 3.8) is 0 Å². The van der Waals surface area contributed by atoms with E-state index in [1.54, 1.807) is 30.3 Å². The van der Waals surface area contributed by atoms with Crippen molar-refractivity contribution in [1.29, 1.82) is 0 Å². The van der Waals surface area contributed by atoms with Gasteiger partial charge in [-0.05, 0) is 23.8 Å². The van der Waals surface area contributed by atoms with Gasteiger partial charge < -0.3 is 10.1 Å². The van der Waals surface area contributed by atoms with Crippen LogP contribution in [0.3, 0.4) is 0 Å². The van der Waals surface area contributed by atoms with E-state index in [1.165, 1.54) is 24.3 Å². The van der Waals surface area contributed by atoms with Gasteiger partial charge in [0.1, 0.15) is 0 Å². The summed E-state index contributed by atoms with van der Waals surface area (Å²) < 4.78 is 4.80. The van der Waals surface area contributed by atoms with Gasteiger partial charge in [-0.1, -0.05) is 41.9 Å². The third kappa shape index (κ3) is 5.71. The van der Waals surface area contributed by atoms with Gasteiger partial charge >= 0.3 is 5.97 Å². The molecule has 0 saturated heterocycles. The van der Waals surface area contributed by atoms with Crippen LogP contribution in [0, 0.1) is 10.1 Å². The van der Waals surface area contributed by atoms with Gasteiger partial charge in [0.2, 0.25) is 0 Å². The maximum Gasteiger partial charge on any atom is 0.331 e. The number of hydrogen-bond acceptors (Lipinski definition) is 5. The first-order chi connectivity index (χ1) is 12.5. The summed E-state index contributed by atoms with van der Waals surface area (Å²) in [5, 5.41) is 14.0. The molecular formula is C18H15ClN2O5. The zero-order valence-corrected chi connectivity index (χ0v) is 14.3. The van der Waals surface area contributed by atoms with E-state index < -0.39 is 23.4 Å². The van der Waals surface area contributed by atoms with Crippen molar-refractivity contribution < 1.29 is 19.2 Å². The Morgan fingerprint density at radius 1 is 1.15 bits per heavy atom.